The molecule has 3 N–H and O–H groups in total. The number of hydrogen-bond acceptors (Lipinski definition) is 3. The summed E-state index contributed by atoms with van der Waals surface area (Å²) in [6.45, 7) is 4.13. The normalized spacial score (nSPS) is 21.8. The Morgan fingerprint density at radius 3 is 2.57 bits per heavy atom. The van der Waals surface area contributed by atoms with Crippen LogP contribution in [0.2, 0.25) is 0 Å². The van der Waals surface area contributed by atoms with E-state index in [2.05, 4.69) is 41.1 Å². The molecule has 2 fully saturated rings. The monoisotopic (exact) mass is 309 g/mol. The minimum absolute atomic E-state index is 0.0533. The molecule has 1 aromatic carbocycles. The van der Waals surface area contributed by atoms with Crippen molar-refractivity contribution in [2.45, 2.75) is 32.2 Å². The Labute approximate surface area is 136 Å². The van der Waals surface area contributed by atoms with Gasteiger partial charge in [-0.1, -0.05) is 25.1 Å². The molecule has 1 aliphatic heterocycles. The molecular weight excluding hydrogens is 286 g/mol. The van der Waals surface area contributed by atoms with Crippen LogP contribution >= 0.6 is 0 Å². The lowest BCUT2D eigenvalue weighted by atomic mass is 10.0. The van der Waals surface area contributed by atoms with Gasteiger partial charge in [0.1, 0.15) is 0 Å². The van der Waals surface area contributed by atoms with Crippen molar-refractivity contribution in [2.24, 2.45) is 11.1 Å². The molecule has 1 saturated carbocycles. The molecule has 120 valence electrons. The Morgan fingerprint density at radius 1 is 1.22 bits per heavy atom. The van der Waals surface area contributed by atoms with Gasteiger partial charge in [-0.3, -0.25) is 4.79 Å². The van der Waals surface area contributed by atoms with Gasteiger partial charge in [-0.15, -0.1) is 0 Å². The molecule has 1 spiro atoms. The molecule has 0 amide bonds. The molecule has 1 aliphatic carbocycles. The summed E-state index contributed by atoms with van der Waals surface area (Å²) in [4.78, 5) is 17.0. The first-order valence-corrected chi connectivity index (χ1v) is 8.44. The maximum atomic E-state index is 11.6. The summed E-state index contributed by atoms with van der Waals surface area (Å²) >= 11 is 0. The Kier molecular flexibility index (Phi) is 3.31. The Balaban J connectivity index is 1.62. The highest BCUT2D eigenvalue weighted by atomic mass is 16.1. The van der Waals surface area contributed by atoms with E-state index in [1.165, 1.54) is 18.5 Å². The van der Waals surface area contributed by atoms with Crippen molar-refractivity contribution in [2.75, 3.05) is 18.0 Å². The number of pyridine rings is 1. The van der Waals surface area contributed by atoms with Crippen molar-refractivity contribution in [3.63, 3.8) is 0 Å². The molecule has 1 saturated heterocycles. The first-order valence-electron chi connectivity index (χ1n) is 8.44. The van der Waals surface area contributed by atoms with E-state index in [0.717, 1.165) is 36.3 Å². The van der Waals surface area contributed by atoms with Gasteiger partial charge < -0.3 is 15.6 Å². The van der Waals surface area contributed by atoms with Gasteiger partial charge in [-0.2, -0.15) is 0 Å². The lowest BCUT2D eigenvalue weighted by Gasteiger charge is -2.19. The average Bonchev–Trinajstić information content (AvgIpc) is 3.27. The number of aromatic nitrogens is 1. The van der Waals surface area contributed by atoms with Crippen molar-refractivity contribution < 1.29 is 0 Å². The largest absolute Gasteiger partial charge is 0.369 e. The minimum Gasteiger partial charge on any atom is -0.369 e. The summed E-state index contributed by atoms with van der Waals surface area (Å²) < 4.78 is 0. The summed E-state index contributed by atoms with van der Waals surface area (Å²) in [5.41, 5.74) is 11.0. The van der Waals surface area contributed by atoms with Crippen LogP contribution in [0.25, 0.3) is 11.3 Å². The summed E-state index contributed by atoms with van der Waals surface area (Å²) in [6.07, 6.45) is 3.44. The standard InChI is InChI=1S/C19H23N3O/c1-2-13-5-8-17(23)21-18(13)14-3-6-15(7-4-14)22-11-16(20)19(12-22)9-10-19/h3-8,16H,2,9-12,20H2,1H3,(H,21,23). The zero-order chi connectivity index (χ0) is 16.0. The molecule has 1 atom stereocenters. The van der Waals surface area contributed by atoms with Crippen LogP contribution in [-0.2, 0) is 6.42 Å². The predicted molar refractivity (Wildman–Crippen MR) is 93.7 cm³/mol. The van der Waals surface area contributed by atoms with Gasteiger partial charge in [-0.05, 0) is 42.5 Å². The number of benzene rings is 1. The number of nitrogens with two attached hydrogens (primary N) is 1. The second kappa shape index (κ2) is 5.24. The SMILES string of the molecule is CCc1ccc(=O)[nH]c1-c1ccc(N2CC(N)C3(CC3)C2)cc1. The third-order valence-corrected chi connectivity index (χ3v) is 5.51. The second-order valence-electron chi connectivity index (χ2n) is 6.97. The second-order valence-corrected chi connectivity index (χ2v) is 6.97. The van der Waals surface area contributed by atoms with Crippen LogP contribution in [0.3, 0.4) is 0 Å². The molecule has 4 nitrogen and oxygen atoms in total. The molecule has 4 heteroatoms. The Morgan fingerprint density at radius 2 is 1.96 bits per heavy atom. The molecule has 0 radical (unpaired) electrons. The van der Waals surface area contributed by atoms with E-state index < -0.39 is 0 Å². The number of aryl methyl sites for hydroxylation is 1. The number of hydrogen-bond donors (Lipinski definition) is 2. The number of nitrogens with zero attached hydrogens (tertiary/aromatic N) is 1. The van der Waals surface area contributed by atoms with Gasteiger partial charge >= 0.3 is 0 Å². The van der Waals surface area contributed by atoms with Crippen LogP contribution in [0, 0.1) is 5.41 Å². The maximum Gasteiger partial charge on any atom is 0.248 e. The minimum atomic E-state index is -0.0533. The number of aromatic amines is 1. The van der Waals surface area contributed by atoms with Gasteiger partial charge in [0.25, 0.3) is 0 Å². The van der Waals surface area contributed by atoms with E-state index >= 15 is 0 Å². The van der Waals surface area contributed by atoms with E-state index in [9.17, 15) is 4.79 Å². The van der Waals surface area contributed by atoms with Crippen LogP contribution in [0.5, 0.6) is 0 Å². The highest BCUT2D eigenvalue weighted by molar-refractivity contribution is 5.66. The summed E-state index contributed by atoms with van der Waals surface area (Å²) in [6, 6.07) is 12.3. The van der Waals surface area contributed by atoms with E-state index in [0.29, 0.717) is 11.5 Å². The zero-order valence-electron chi connectivity index (χ0n) is 13.5. The van der Waals surface area contributed by atoms with Crippen molar-refractivity contribution in [3.8, 4) is 11.3 Å². The molecule has 2 heterocycles. The van der Waals surface area contributed by atoms with Gasteiger partial charge in [-0.25, -0.2) is 0 Å². The molecular formula is C19H23N3O. The molecule has 1 unspecified atom stereocenters. The van der Waals surface area contributed by atoms with Crippen LogP contribution in [0.4, 0.5) is 5.69 Å². The molecule has 0 bridgehead atoms. The van der Waals surface area contributed by atoms with Crippen LogP contribution < -0.4 is 16.2 Å². The summed E-state index contributed by atoms with van der Waals surface area (Å²) in [5.74, 6) is 0. The summed E-state index contributed by atoms with van der Waals surface area (Å²) in [7, 11) is 0. The average molecular weight is 309 g/mol. The number of anilines is 1. The van der Waals surface area contributed by atoms with Crippen molar-refractivity contribution in [3.05, 3.63) is 52.3 Å². The quantitative estimate of drug-likeness (QED) is 0.916. The van der Waals surface area contributed by atoms with E-state index in [4.69, 9.17) is 5.73 Å². The first-order chi connectivity index (χ1) is 11.1. The number of H-pyrrole nitrogens is 1. The smallest absolute Gasteiger partial charge is 0.248 e. The first kappa shape index (κ1) is 14.5. The van der Waals surface area contributed by atoms with E-state index in [1.807, 2.05) is 6.07 Å². The number of nitrogens with one attached hydrogen (secondary N) is 1. The third-order valence-electron chi connectivity index (χ3n) is 5.51. The fraction of sp³-hybridized carbons (Fsp3) is 0.421. The lowest BCUT2D eigenvalue weighted by molar-refractivity contribution is 0.500. The van der Waals surface area contributed by atoms with E-state index in [-0.39, 0.29) is 5.56 Å². The van der Waals surface area contributed by atoms with Gasteiger partial charge in [0.15, 0.2) is 0 Å². The fourth-order valence-corrected chi connectivity index (χ4v) is 3.78. The molecule has 2 aliphatic rings. The van der Waals surface area contributed by atoms with Gasteiger partial charge in [0, 0.05) is 36.3 Å². The van der Waals surface area contributed by atoms with Crippen LogP contribution in [0.1, 0.15) is 25.3 Å². The van der Waals surface area contributed by atoms with Crippen molar-refractivity contribution in [1.29, 1.82) is 0 Å². The van der Waals surface area contributed by atoms with E-state index in [1.54, 1.807) is 6.07 Å². The Bertz CT molecular complexity index is 774. The lowest BCUT2D eigenvalue weighted by Crippen LogP contribution is -2.30. The predicted octanol–water partition coefficient (Wildman–Crippen LogP) is 2.53. The molecule has 1 aromatic heterocycles. The highest BCUT2D eigenvalue weighted by Crippen LogP contribution is 2.52. The van der Waals surface area contributed by atoms with Crippen molar-refractivity contribution >= 4 is 5.69 Å². The van der Waals surface area contributed by atoms with Gasteiger partial charge in [0.05, 0.1) is 5.69 Å². The van der Waals surface area contributed by atoms with Crippen LogP contribution in [-0.4, -0.2) is 24.1 Å². The molecule has 2 aromatic rings. The third kappa shape index (κ3) is 2.47. The number of rotatable bonds is 3. The topological polar surface area (TPSA) is 62.1 Å². The van der Waals surface area contributed by atoms with Crippen LogP contribution in [0.15, 0.2) is 41.2 Å². The molecule has 4 rings (SSSR count). The molecule has 23 heavy (non-hydrogen) atoms. The maximum absolute atomic E-state index is 11.6. The summed E-state index contributed by atoms with van der Waals surface area (Å²) in [5, 5.41) is 0. The van der Waals surface area contributed by atoms with Gasteiger partial charge in [0.2, 0.25) is 5.56 Å². The highest BCUT2D eigenvalue weighted by Gasteiger charge is 2.53. The Hall–Kier alpha value is -2.07. The fourth-order valence-electron chi connectivity index (χ4n) is 3.78. The zero-order valence-corrected chi connectivity index (χ0v) is 13.5. The van der Waals surface area contributed by atoms with Crippen molar-refractivity contribution in [1.82, 2.24) is 4.98 Å².